The first-order chi connectivity index (χ1) is 8.22. The number of ether oxygens (including phenoxy) is 1. The highest BCUT2D eigenvalue weighted by atomic mass is 16.5. The lowest BCUT2D eigenvalue weighted by molar-refractivity contribution is 0.0201. The molecule has 17 heavy (non-hydrogen) atoms. The maximum Gasteiger partial charge on any atom is 0.122 e. The third kappa shape index (κ3) is 2.77. The Balaban J connectivity index is 2.15. The quantitative estimate of drug-likeness (QED) is 0.718. The van der Waals surface area contributed by atoms with E-state index in [0.29, 0.717) is 6.54 Å². The minimum atomic E-state index is -0.852. The first kappa shape index (κ1) is 12.4. The van der Waals surface area contributed by atoms with Crippen LogP contribution in [0, 0.1) is 0 Å². The van der Waals surface area contributed by atoms with Gasteiger partial charge in [0.15, 0.2) is 0 Å². The average molecular weight is 237 g/mol. The largest absolute Gasteiger partial charge is 0.493 e. The summed E-state index contributed by atoms with van der Waals surface area (Å²) in [7, 11) is 1.75. The van der Waals surface area contributed by atoms with Crippen molar-refractivity contribution in [1.29, 1.82) is 0 Å². The van der Waals surface area contributed by atoms with Gasteiger partial charge in [-0.1, -0.05) is 6.07 Å². The summed E-state index contributed by atoms with van der Waals surface area (Å²) < 4.78 is 5.51. The van der Waals surface area contributed by atoms with Crippen molar-refractivity contribution in [3.63, 3.8) is 0 Å². The molecule has 0 radical (unpaired) electrons. The van der Waals surface area contributed by atoms with Gasteiger partial charge in [-0.15, -0.1) is 0 Å². The molecule has 0 bridgehead atoms. The Morgan fingerprint density at radius 1 is 1.41 bits per heavy atom. The average Bonchev–Trinajstić information content (AvgIpc) is 2.37. The summed E-state index contributed by atoms with van der Waals surface area (Å²) in [6, 6.07) is 5.62. The van der Waals surface area contributed by atoms with E-state index in [4.69, 9.17) is 4.74 Å². The molecule has 4 heteroatoms. The third-order valence-corrected chi connectivity index (χ3v) is 3.05. The van der Waals surface area contributed by atoms with E-state index in [1.807, 2.05) is 18.2 Å². The van der Waals surface area contributed by atoms with Crippen LogP contribution in [0.4, 0.5) is 0 Å². The van der Waals surface area contributed by atoms with Gasteiger partial charge in [-0.05, 0) is 43.1 Å². The smallest absolute Gasteiger partial charge is 0.122 e. The molecule has 94 valence electrons. The van der Waals surface area contributed by atoms with Crippen molar-refractivity contribution in [3.8, 4) is 5.75 Å². The molecule has 4 nitrogen and oxygen atoms in total. The number of aryl methyl sites for hydroxylation is 1. The highest BCUT2D eigenvalue weighted by molar-refractivity contribution is 5.39. The number of nitrogens with one attached hydrogen (secondary N) is 1. The second-order valence-corrected chi connectivity index (χ2v) is 4.39. The summed E-state index contributed by atoms with van der Waals surface area (Å²) in [6.45, 7) is 1.13. The molecule has 0 amide bonds. The molecule has 2 unspecified atom stereocenters. The zero-order valence-corrected chi connectivity index (χ0v) is 10.0. The molecule has 1 heterocycles. The molecular weight excluding hydrogens is 218 g/mol. The fourth-order valence-corrected chi connectivity index (χ4v) is 2.11. The normalized spacial score (nSPS) is 18.1. The molecule has 0 fully saturated rings. The summed E-state index contributed by atoms with van der Waals surface area (Å²) in [5.41, 5.74) is 1.86. The fourth-order valence-electron chi connectivity index (χ4n) is 2.11. The molecule has 0 aromatic heterocycles. The van der Waals surface area contributed by atoms with Gasteiger partial charge in [0.05, 0.1) is 12.7 Å². The maximum absolute atomic E-state index is 9.99. The van der Waals surface area contributed by atoms with Gasteiger partial charge in [-0.25, -0.2) is 0 Å². The van der Waals surface area contributed by atoms with E-state index in [9.17, 15) is 10.2 Å². The van der Waals surface area contributed by atoms with Crippen LogP contribution >= 0.6 is 0 Å². The first-order valence-corrected chi connectivity index (χ1v) is 5.98. The molecular formula is C13H19NO3. The van der Waals surface area contributed by atoms with Gasteiger partial charge in [0, 0.05) is 6.54 Å². The van der Waals surface area contributed by atoms with E-state index in [0.717, 1.165) is 36.3 Å². The number of aliphatic hydroxyl groups is 2. The zero-order valence-electron chi connectivity index (χ0n) is 10.0. The summed E-state index contributed by atoms with van der Waals surface area (Å²) in [4.78, 5) is 0. The third-order valence-electron chi connectivity index (χ3n) is 3.05. The zero-order chi connectivity index (χ0) is 12.3. The molecule has 1 aromatic carbocycles. The monoisotopic (exact) mass is 237 g/mol. The van der Waals surface area contributed by atoms with E-state index in [1.54, 1.807) is 7.05 Å². The van der Waals surface area contributed by atoms with Crippen molar-refractivity contribution in [2.24, 2.45) is 0 Å². The number of hydrogen-bond donors (Lipinski definition) is 3. The number of benzene rings is 1. The lowest BCUT2D eigenvalue weighted by Gasteiger charge is -2.21. The molecule has 1 aliphatic heterocycles. The van der Waals surface area contributed by atoms with E-state index in [2.05, 4.69) is 5.32 Å². The van der Waals surface area contributed by atoms with Gasteiger partial charge in [-0.2, -0.15) is 0 Å². The minimum absolute atomic E-state index is 0.370. The number of rotatable bonds is 4. The van der Waals surface area contributed by atoms with Gasteiger partial charge < -0.3 is 20.3 Å². The van der Waals surface area contributed by atoms with Gasteiger partial charge in [0.25, 0.3) is 0 Å². The maximum atomic E-state index is 9.99. The highest BCUT2D eigenvalue weighted by Crippen LogP contribution is 2.28. The molecule has 0 aliphatic carbocycles. The summed E-state index contributed by atoms with van der Waals surface area (Å²) >= 11 is 0. The number of aliphatic hydroxyl groups excluding tert-OH is 2. The predicted octanol–water partition coefficient (Wildman–Crippen LogP) is 0.625. The Hall–Kier alpha value is -1.10. The van der Waals surface area contributed by atoms with Crippen molar-refractivity contribution in [2.45, 2.75) is 25.0 Å². The molecule has 1 aliphatic rings. The first-order valence-electron chi connectivity index (χ1n) is 5.98. The lowest BCUT2D eigenvalue weighted by atomic mass is 9.98. The molecule has 3 N–H and O–H groups in total. The number of fused-ring (bicyclic) bond motifs is 1. The SMILES string of the molecule is CNCC(O)C(O)c1ccc2c(c1)CCCO2. The van der Waals surface area contributed by atoms with E-state index < -0.39 is 12.2 Å². The van der Waals surface area contributed by atoms with Gasteiger partial charge in [0.1, 0.15) is 11.9 Å². The Morgan fingerprint density at radius 3 is 3.00 bits per heavy atom. The van der Waals surface area contributed by atoms with Crippen molar-refractivity contribution >= 4 is 0 Å². The Kier molecular flexibility index (Phi) is 3.99. The van der Waals surface area contributed by atoms with Crippen LogP contribution in [0.1, 0.15) is 23.7 Å². The number of hydrogen-bond acceptors (Lipinski definition) is 4. The van der Waals surface area contributed by atoms with E-state index >= 15 is 0 Å². The predicted molar refractivity (Wildman–Crippen MR) is 65.2 cm³/mol. The van der Waals surface area contributed by atoms with Crippen LogP contribution < -0.4 is 10.1 Å². The van der Waals surface area contributed by atoms with Gasteiger partial charge in [0.2, 0.25) is 0 Å². The van der Waals surface area contributed by atoms with Crippen molar-refractivity contribution in [1.82, 2.24) is 5.32 Å². The topological polar surface area (TPSA) is 61.7 Å². The van der Waals surface area contributed by atoms with Gasteiger partial charge in [-0.3, -0.25) is 0 Å². The van der Waals surface area contributed by atoms with Crippen LogP contribution in [0.3, 0.4) is 0 Å². The van der Waals surface area contributed by atoms with Crippen molar-refractivity contribution in [2.75, 3.05) is 20.2 Å². The van der Waals surface area contributed by atoms with E-state index in [-0.39, 0.29) is 0 Å². The van der Waals surface area contributed by atoms with Crippen LogP contribution in [0.25, 0.3) is 0 Å². The Bertz CT molecular complexity index is 381. The standard InChI is InChI=1S/C13H19NO3/c1-14-8-11(15)13(16)10-4-5-12-9(7-10)3-2-6-17-12/h4-5,7,11,13-16H,2-3,6,8H2,1H3. The van der Waals surface area contributed by atoms with Gasteiger partial charge >= 0.3 is 0 Å². The molecule has 2 atom stereocenters. The van der Waals surface area contributed by atoms with Crippen LogP contribution in [0.2, 0.25) is 0 Å². The van der Waals surface area contributed by atoms with E-state index in [1.165, 1.54) is 0 Å². The Labute approximate surface area is 101 Å². The Morgan fingerprint density at radius 2 is 2.24 bits per heavy atom. The molecule has 0 spiro atoms. The molecule has 2 rings (SSSR count). The lowest BCUT2D eigenvalue weighted by Crippen LogP contribution is -2.29. The molecule has 0 saturated heterocycles. The van der Waals surface area contributed by atoms with Crippen molar-refractivity contribution in [3.05, 3.63) is 29.3 Å². The second-order valence-electron chi connectivity index (χ2n) is 4.39. The van der Waals surface area contributed by atoms with Crippen LogP contribution in [0.5, 0.6) is 5.75 Å². The summed E-state index contributed by atoms with van der Waals surface area (Å²) in [5.74, 6) is 0.898. The minimum Gasteiger partial charge on any atom is -0.493 e. The molecule has 1 aromatic rings. The van der Waals surface area contributed by atoms with Crippen LogP contribution in [0.15, 0.2) is 18.2 Å². The van der Waals surface area contributed by atoms with Crippen LogP contribution in [-0.2, 0) is 6.42 Å². The number of likely N-dealkylation sites (N-methyl/N-ethyl adjacent to an activating group) is 1. The highest BCUT2D eigenvalue weighted by Gasteiger charge is 2.19. The summed E-state index contributed by atoms with van der Waals surface area (Å²) in [6.07, 6.45) is 0.334. The molecule has 0 saturated carbocycles. The second kappa shape index (κ2) is 5.49. The fraction of sp³-hybridized carbons (Fsp3) is 0.538. The van der Waals surface area contributed by atoms with Crippen molar-refractivity contribution < 1.29 is 14.9 Å². The van der Waals surface area contributed by atoms with Crippen LogP contribution in [-0.4, -0.2) is 36.5 Å². The summed E-state index contributed by atoms with van der Waals surface area (Å²) in [5, 5.41) is 22.6.